The van der Waals surface area contributed by atoms with Gasteiger partial charge < -0.3 is 30.1 Å². The molecule has 2 atom stereocenters. The number of hydrogen-bond acceptors (Lipinski definition) is 7. The van der Waals surface area contributed by atoms with Gasteiger partial charge in [-0.2, -0.15) is 0 Å². The van der Waals surface area contributed by atoms with Crippen molar-refractivity contribution in [3.8, 4) is 11.5 Å². The van der Waals surface area contributed by atoms with Crippen LogP contribution in [0, 0.1) is 0 Å². The highest BCUT2D eigenvalue weighted by Gasteiger charge is 2.36. The van der Waals surface area contributed by atoms with Crippen LogP contribution in [-0.4, -0.2) is 68.7 Å². The fourth-order valence-electron chi connectivity index (χ4n) is 4.57. The lowest BCUT2D eigenvalue weighted by Gasteiger charge is -2.25. The molecule has 42 heavy (non-hydrogen) atoms. The van der Waals surface area contributed by atoms with Crippen LogP contribution in [0.2, 0.25) is 5.02 Å². The van der Waals surface area contributed by atoms with Crippen molar-refractivity contribution >= 4 is 51.8 Å². The largest absolute Gasteiger partial charge is 0.495 e. The predicted molar refractivity (Wildman–Crippen MR) is 157 cm³/mol. The maximum Gasteiger partial charge on any atom is 0.335 e. The summed E-state index contributed by atoms with van der Waals surface area (Å²) in [5.74, 6) is -0.557. The summed E-state index contributed by atoms with van der Waals surface area (Å²) in [6, 6.07) is 16.2. The summed E-state index contributed by atoms with van der Waals surface area (Å²) in [7, 11) is -1.42. The Morgan fingerprint density at radius 2 is 1.74 bits per heavy atom. The van der Waals surface area contributed by atoms with Crippen molar-refractivity contribution in [1.82, 2.24) is 9.62 Å². The van der Waals surface area contributed by atoms with E-state index in [0.717, 1.165) is 0 Å². The zero-order valence-corrected chi connectivity index (χ0v) is 24.1. The van der Waals surface area contributed by atoms with Crippen molar-refractivity contribution in [2.75, 3.05) is 30.9 Å². The first-order valence-corrected chi connectivity index (χ1v) is 14.3. The average molecular weight is 617 g/mol. The van der Waals surface area contributed by atoms with Gasteiger partial charge in [-0.25, -0.2) is 22.7 Å². The first kappa shape index (κ1) is 30.6. The van der Waals surface area contributed by atoms with Crippen molar-refractivity contribution in [2.45, 2.75) is 24.9 Å². The number of carboxylic acids is 1. The Bertz CT molecular complexity index is 1520. The molecule has 0 radical (unpaired) electrons. The molecule has 4 N–H and O–H groups in total. The molecule has 1 saturated heterocycles. The quantitative estimate of drug-likeness (QED) is 0.205. The minimum absolute atomic E-state index is 0.0114. The predicted octanol–water partition coefficient (Wildman–Crippen LogP) is 3.40. The van der Waals surface area contributed by atoms with E-state index in [9.17, 15) is 22.8 Å². The minimum Gasteiger partial charge on any atom is -0.495 e. The Kier molecular flexibility index (Phi) is 10.2. The van der Waals surface area contributed by atoms with Gasteiger partial charge in [-0.05, 0) is 60.5 Å². The second kappa shape index (κ2) is 14.0. The van der Waals surface area contributed by atoms with Crippen LogP contribution in [0.25, 0.3) is 0 Å². The maximum atomic E-state index is 13.4. The first-order chi connectivity index (χ1) is 20.1. The molecule has 0 aromatic heterocycles. The number of carboxylic acid groups (broad SMARTS) is 1. The molecule has 222 valence electrons. The van der Waals surface area contributed by atoms with Crippen LogP contribution >= 0.6 is 11.6 Å². The Balaban J connectivity index is 1.42. The number of likely N-dealkylation sites (tertiary alicyclic amines) is 1. The van der Waals surface area contributed by atoms with Crippen molar-refractivity contribution in [3.63, 3.8) is 0 Å². The highest BCUT2D eigenvalue weighted by atomic mass is 35.5. The molecule has 1 heterocycles. The summed E-state index contributed by atoms with van der Waals surface area (Å²) in [5.41, 5.74) is 1.54. The summed E-state index contributed by atoms with van der Waals surface area (Å²) in [5, 5.41) is 14.8. The van der Waals surface area contributed by atoms with E-state index in [-0.39, 0.29) is 31.0 Å². The number of aromatic carboxylic acids is 1. The number of ether oxygens (including phenoxy) is 2. The molecule has 3 amide bonds. The lowest BCUT2D eigenvalue weighted by Crippen LogP contribution is -2.40. The number of methoxy groups -OCH3 is 1. The number of urea groups is 1. The van der Waals surface area contributed by atoms with Gasteiger partial charge in [-0.3, -0.25) is 4.79 Å². The van der Waals surface area contributed by atoms with Crippen LogP contribution in [0.4, 0.5) is 16.2 Å². The van der Waals surface area contributed by atoms with Gasteiger partial charge in [0, 0.05) is 12.6 Å². The number of carbonyl (C=O) groups is 3. The smallest absolute Gasteiger partial charge is 0.335 e. The molecule has 3 aromatic rings. The average Bonchev–Trinajstić information content (AvgIpc) is 3.36. The maximum absolute atomic E-state index is 13.4. The third-order valence-corrected chi connectivity index (χ3v) is 7.46. The summed E-state index contributed by atoms with van der Waals surface area (Å²) in [6.07, 6.45) is 0.331. The van der Waals surface area contributed by atoms with Gasteiger partial charge in [0.1, 0.15) is 18.1 Å². The number of nitrogens with one attached hydrogen (secondary N) is 3. The van der Waals surface area contributed by atoms with Crippen LogP contribution in [0.5, 0.6) is 11.5 Å². The zero-order valence-electron chi connectivity index (χ0n) is 22.4. The SMILES string of the molecule is COc1cc(CC(=O)N2C[C@@H](N[SH](=O)=O)C[C@H]2COc2ccc(C(=O)O)cc2)ccc1NC(=O)Nc1ccccc1Cl. The number of amides is 3. The summed E-state index contributed by atoms with van der Waals surface area (Å²) in [4.78, 5) is 38.5. The molecule has 4 rings (SSSR count). The Morgan fingerprint density at radius 3 is 2.40 bits per heavy atom. The van der Waals surface area contributed by atoms with Crippen molar-refractivity contribution < 1.29 is 37.4 Å². The second-order valence-electron chi connectivity index (χ2n) is 9.43. The third-order valence-electron chi connectivity index (χ3n) is 6.56. The summed E-state index contributed by atoms with van der Waals surface area (Å²) in [6.45, 7) is 0.242. The Hall–Kier alpha value is -4.33. The molecule has 1 fully saturated rings. The lowest BCUT2D eigenvalue weighted by atomic mass is 10.1. The summed E-state index contributed by atoms with van der Waals surface area (Å²) < 4.78 is 36.3. The van der Waals surface area contributed by atoms with Gasteiger partial charge in [0.05, 0.1) is 41.5 Å². The third kappa shape index (κ3) is 8.12. The van der Waals surface area contributed by atoms with E-state index >= 15 is 0 Å². The molecular weight excluding hydrogens is 588 g/mol. The fraction of sp³-hybridized carbons (Fsp3) is 0.250. The number of benzene rings is 3. The van der Waals surface area contributed by atoms with E-state index < -0.39 is 35.0 Å². The molecule has 0 bridgehead atoms. The normalized spacial score (nSPS) is 16.2. The fourth-order valence-corrected chi connectivity index (χ4v) is 5.24. The van der Waals surface area contributed by atoms with Crippen LogP contribution in [0.1, 0.15) is 22.3 Å². The highest BCUT2D eigenvalue weighted by Crippen LogP contribution is 2.28. The molecule has 0 spiro atoms. The van der Waals surface area contributed by atoms with Crippen molar-refractivity contribution in [1.29, 1.82) is 0 Å². The molecule has 12 nitrogen and oxygen atoms in total. The lowest BCUT2D eigenvalue weighted by molar-refractivity contribution is -0.131. The number of nitrogens with zero attached hydrogens (tertiary/aromatic N) is 1. The van der Waals surface area contributed by atoms with E-state index in [2.05, 4.69) is 15.4 Å². The number of halogens is 1. The van der Waals surface area contributed by atoms with Gasteiger partial charge >= 0.3 is 12.0 Å². The molecule has 3 aromatic carbocycles. The van der Waals surface area contributed by atoms with Gasteiger partial charge in [0.25, 0.3) is 0 Å². The number of thiol groups is 1. The number of carbonyl (C=O) groups excluding carboxylic acids is 2. The van der Waals surface area contributed by atoms with Crippen LogP contribution in [0.3, 0.4) is 0 Å². The summed E-state index contributed by atoms with van der Waals surface area (Å²) >= 11 is 6.10. The van der Waals surface area contributed by atoms with E-state index in [1.807, 2.05) is 0 Å². The van der Waals surface area contributed by atoms with Gasteiger partial charge in [-0.1, -0.05) is 29.8 Å². The van der Waals surface area contributed by atoms with Crippen LogP contribution < -0.4 is 24.8 Å². The van der Waals surface area contributed by atoms with E-state index in [4.69, 9.17) is 26.2 Å². The van der Waals surface area contributed by atoms with E-state index in [0.29, 0.717) is 39.9 Å². The van der Waals surface area contributed by atoms with Gasteiger partial charge in [0.2, 0.25) is 16.8 Å². The van der Waals surface area contributed by atoms with Crippen LogP contribution in [0.15, 0.2) is 66.7 Å². The molecule has 0 saturated carbocycles. The first-order valence-electron chi connectivity index (χ1n) is 12.8. The zero-order chi connectivity index (χ0) is 30.2. The van der Waals surface area contributed by atoms with E-state index in [1.54, 1.807) is 47.4 Å². The standard InChI is InChI=1S/C28H29ClN4O8S/c1-40-25-12-17(6-11-24(25)31-28(37)30-23-5-3-2-4-22(23)29)13-26(34)33-15-19(32-42(38)39)14-20(33)16-41-21-9-7-18(8-10-21)27(35)36/h2-12,19-20,42H,13-16H2,1H3,(H,35,36)(H2,30,31,37)(H,32,38,39)/t19-,20-/m0/s1. The van der Waals surface area contributed by atoms with Gasteiger partial charge in [-0.15, -0.1) is 0 Å². The molecular formula is C28H29ClN4O8S. The van der Waals surface area contributed by atoms with E-state index in [1.165, 1.54) is 31.4 Å². The number of anilines is 2. The van der Waals surface area contributed by atoms with Gasteiger partial charge in [0.15, 0.2) is 0 Å². The Morgan fingerprint density at radius 1 is 1.02 bits per heavy atom. The minimum atomic E-state index is -2.86. The molecule has 0 unspecified atom stereocenters. The highest BCUT2D eigenvalue weighted by molar-refractivity contribution is 7.70. The molecule has 14 heteroatoms. The molecule has 1 aliphatic heterocycles. The molecule has 1 aliphatic rings. The van der Waals surface area contributed by atoms with Crippen molar-refractivity contribution in [3.05, 3.63) is 82.9 Å². The Labute approximate surface area is 248 Å². The number of rotatable bonds is 11. The van der Waals surface area contributed by atoms with Crippen molar-refractivity contribution in [2.24, 2.45) is 0 Å². The topological polar surface area (TPSA) is 163 Å². The monoisotopic (exact) mass is 616 g/mol. The second-order valence-corrected chi connectivity index (χ2v) is 10.6. The number of para-hydroxylation sites is 1. The number of hydrogen-bond donors (Lipinski definition) is 5. The van der Waals surface area contributed by atoms with Crippen LogP contribution in [-0.2, 0) is 22.1 Å². The molecule has 0 aliphatic carbocycles.